The number of amides is 1. The molecule has 0 aliphatic rings. The van der Waals surface area contributed by atoms with Crippen LogP contribution in [0.3, 0.4) is 0 Å². The number of nitrogens with one attached hydrogen (secondary N) is 1. The number of unbranched alkanes of at least 4 members (excludes halogenated alkanes) is 1. The molecule has 11 nitrogen and oxygen atoms in total. The molecule has 0 radical (unpaired) electrons. The van der Waals surface area contributed by atoms with E-state index in [1.54, 1.807) is 12.1 Å². The number of pyridine rings is 4. The Morgan fingerprint density at radius 3 is 1.45 bits per heavy atom. The van der Waals surface area contributed by atoms with Crippen LogP contribution in [0, 0.1) is 0 Å². The van der Waals surface area contributed by atoms with Crippen LogP contribution < -0.4 is 10.1 Å². The van der Waals surface area contributed by atoms with Gasteiger partial charge in [0.25, 0.3) is 5.91 Å². The first-order valence-corrected chi connectivity index (χ1v) is 18.4. The molecule has 0 spiro atoms. The predicted octanol–water partition coefficient (Wildman–Crippen LogP) is 6.96. The summed E-state index contributed by atoms with van der Waals surface area (Å²) in [5.74, 6) is -0.598. The lowest BCUT2D eigenvalue weighted by molar-refractivity contribution is 0.0697. The van der Waals surface area contributed by atoms with Gasteiger partial charge < -0.3 is 15.2 Å². The number of carboxylic acids is 1. The maximum absolute atomic E-state index is 12.6. The third-order valence-corrected chi connectivity index (χ3v) is 8.78. The first-order chi connectivity index (χ1) is 27.0. The molecule has 0 atom stereocenters. The lowest BCUT2D eigenvalue weighted by Gasteiger charge is -2.25. The number of ether oxygens (including phenoxy) is 1. The number of hydrogen-bond acceptors (Lipinski definition) is 9. The number of aromatic carboxylic acids is 1. The molecule has 0 unspecified atom stereocenters. The van der Waals surface area contributed by atoms with Crippen LogP contribution in [0.15, 0.2) is 140 Å². The van der Waals surface area contributed by atoms with E-state index in [9.17, 15) is 14.7 Å². The van der Waals surface area contributed by atoms with Gasteiger partial charge in [0.1, 0.15) is 5.75 Å². The Kier molecular flexibility index (Phi) is 14.1. The molecule has 55 heavy (non-hydrogen) atoms. The van der Waals surface area contributed by atoms with E-state index in [1.165, 1.54) is 12.1 Å². The summed E-state index contributed by atoms with van der Waals surface area (Å²) in [6.45, 7) is 4.79. The number of benzene rings is 2. The molecule has 0 aliphatic carbocycles. The largest absolute Gasteiger partial charge is 0.494 e. The van der Waals surface area contributed by atoms with Gasteiger partial charge in [-0.1, -0.05) is 36.4 Å². The molecule has 11 heteroatoms. The molecule has 4 heterocycles. The van der Waals surface area contributed by atoms with E-state index in [2.05, 4.69) is 53.3 Å². The van der Waals surface area contributed by atoms with E-state index in [4.69, 9.17) is 4.74 Å². The monoisotopic (exact) mass is 735 g/mol. The van der Waals surface area contributed by atoms with Crippen molar-refractivity contribution in [1.29, 1.82) is 0 Å². The minimum atomic E-state index is -1.07. The van der Waals surface area contributed by atoms with Gasteiger partial charge in [-0.2, -0.15) is 0 Å². The maximum Gasteiger partial charge on any atom is 0.335 e. The van der Waals surface area contributed by atoms with Gasteiger partial charge in [-0.05, 0) is 103 Å². The van der Waals surface area contributed by atoms with Crippen molar-refractivity contribution in [3.8, 4) is 5.75 Å². The zero-order chi connectivity index (χ0) is 38.1. The highest BCUT2D eigenvalue weighted by Crippen LogP contribution is 2.23. The summed E-state index contributed by atoms with van der Waals surface area (Å²) in [4.78, 5) is 47.0. The molecular weight excluding hydrogens is 691 g/mol. The molecule has 2 aromatic carbocycles. The average molecular weight is 736 g/mol. The highest BCUT2D eigenvalue weighted by molar-refractivity contribution is 5.97. The quantitative estimate of drug-likeness (QED) is 0.0793. The molecule has 0 fully saturated rings. The first kappa shape index (κ1) is 38.4. The van der Waals surface area contributed by atoms with Crippen molar-refractivity contribution in [3.63, 3.8) is 0 Å². The van der Waals surface area contributed by atoms with Gasteiger partial charge in [0.05, 0.1) is 34.9 Å². The van der Waals surface area contributed by atoms with Crippen LogP contribution in [-0.2, 0) is 39.3 Å². The Bertz CT molecular complexity index is 1900. The van der Waals surface area contributed by atoms with Crippen LogP contribution >= 0.6 is 0 Å². The van der Waals surface area contributed by atoms with Crippen molar-refractivity contribution in [3.05, 3.63) is 185 Å². The van der Waals surface area contributed by atoms with Gasteiger partial charge in [-0.3, -0.25) is 34.5 Å². The summed E-state index contributed by atoms with van der Waals surface area (Å²) in [5, 5.41) is 12.1. The van der Waals surface area contributed by atoms with Crippen molar-refractivity contribution < 1.29 is 19.4 Å². The number of carboxylic acid groups (broad SMARTS) is 1. The van der Waals surface area contributed by atoms with Crippen LogP contribution in [0.2, 0.25) is 0 Å². The summed E-state index contributed by atoms with van der Waals surface area (Å²) >= 11 is 0. The second-order valence-corrected chi connectivity index (χ2v) is 13.3. The van der Waals surface area contributed by atoms with Crippen molar-refractivity contribution in [2.24, 2.45) is 0 Å². The average Bonchev–Trinajstić information content (AvgIpc) is 3.20. The summed E-state index contributed by atoms with van der Waals surface area (Å²) in [6.07, 6.45) is 8.69. The van der Waals surface area contributed by atoms with Gasteiger partial charge in [0, 0.05) is 76.2 Å². The molecule has 0 saturated heterocycles. The second-order valence-electron chi connectivity index (χ2n) is 13.3. The fraction of sp³-hybridized carbons (Fsp3) is 0.227. The number of aromatic nitrogens is 4. The number of rotatable bonds is 20. The zero-order valence-electron chi connectivity index (χ0n) is 30.7. The zero-order valence-corrected chi connectivity index (χ0v) is 30.7. The standard InChI is InChI=1S/C44H45N7O4/c52-43(36-12-11-13-37(27-36)44(53)54)49-22-9-10-23-55-42-25-34(28-50(30-38-14-1-5-18-45-38)31-39-15-2-6-19-46-39)24-35(26-42)29-51(32-40-16-3-7-20-47-40)33-41-17-4-8-21-48-41/h1-8,11-21,24-27H,9-10,22-23,28-33H2,(H,49,52)(H,53,54). The van der Waals surface area contributed by atoms with Crippen LogP contribution in [0.25, 0.3) is 0 Å². The van der Waals surface area contributed by atoms with Crippen molar-refractivity contribution >= 4 is 11.9 Å². The summed E-state index contributed by atoms with van der Waals surface area (Å²) < 4.78 is 6.39. The van der Waals surface area contributed by atoms with Gasteiger partial charge in [0.2, 0.25) is 0 Å². The molecule has 0 aliphatic heterocycles. The Labute approximate surface area is 321 Å². The van der Waals surface area contributed by atoms with Gasteiger partial charge in [-0.25, -0.2) is 4.79 Å². The van der Waals surface area contributed by atoms with E-state index < -0.39 is 5.97 Å². The number of nitrogens with zero attached hydrogens (tertiary/aromatic N) is 6. The summed E-state index contributed by atoms with van der Waals surface area (Å²) in [7, 11) is 0. The highest BCUT2D eigenvalue weighted by atomic mass is 16.5. The van der Waals surface area contributed by atoms with Crippen LogP contribution in [0.1, 0.15) is 67.5 Å². The Morgan fingerprint density at radius 1 is 0.545 bits per heavy atom. The molecule has 280 valence electrons. The van der Waals surface area contributed by atoms with E-state index in [-0.39, 0.29) is 11.5 Å². The van der Waals surface area contributed by atoms with Gasteiger partial charge in [-0.15, -0.1) is 0 Å². The Balaban J connectivity index is 1.18. The molecule has 6 rings (SSSR count). The fourth-order valence-electron chi connectivity index (χ4n) is 6.24. The van der Waals surface area contributed by atoms with Gasteiger partial charge >= 0.3 is 5.97 Å². The number of carbonyl (C=O) groups excluding carboxylic acids is 1. The van der Waals surface area contributed by atoms with Crippen LogP contribution in [0.5, 0.6) is 5.75 Å². The molecule has 0 bridgehead atoms. The molecule has 2 N–H and O–H groups in total. The Morgan fingerprint density at radius 2 is 1.02 bits per heavy atom. The smallest absolute Gasteiger partial charge is 0.335 e. The van der Waals surface area contributed by atoms with Crippen molar-refractivity contribution in [2.75, 3.05) is 13.2 Å². The Hall–Kier alpha value is -6.30. The minimum absolute atomic E-state index is 0.0795. The van der Waals surface area contributed by atoms with Crippen molar-refractivity contribution in [1.82, 2.24) is 35.1 Å². The maximum atomic E-state index is 12.6. The SMILES string of the molecule is O=C(O)c1cccc(C(=O)NCCCCOc2cc(CN(Cc3ccccn3)Cc3ccccn3)cc(CN(Cc3ccccn3)Cc3ccccn3)c2)c1. The first-order valence-electron chi connectivity index (χ1n) is 18.4. The lowest BCUT2D eigenvalue weighted by atomic mass is 10.1. The van der Waals surface area contributed by atoms with Crippen molar-refractivity contribution in [2.45, 2.75) is 52.1 Å². The second kappa shape index (κ2) is 20.2. The normalized spacial score (nSPS) is 11.1. The third kappa shape index (κ3) is 12.7. The lowest BCUT2D eigenvalue weighted by Crippen LogP contribution is -2.25. The van der Waals surface area contributed by atoms with Crippen LogP contribution in [-0.4, -0.2) is 59.9 Å². The van der Waals surface area contributed by atoms with E-state index in [0.717, 1.165) is 39.7 Å². The number of carbonyl (C=O) groups is 2. The minimum Gasteiger partial charge on any atom is -0.494 e. The molecule has 6 aromatic rings. The van der Waals surface area contributed by atoms with E-state index >= 15 is 0 Å². The van der Waals surface area contributed by atoms with E-state index in [0.29, 0.717) is 70.8 Å². The third-order valence-electron chi connectivity index (χ3n) is 8.78. The molecule has 4 aromatic heterocycles. The van der Waals surface area contributed by atoms with Crippen LogP contribution in [0.4, 0.5) is 0 Å². The molecular formula is C44H45N7O4. The fourth-order valence-corrected chi connectivity index (χ4v) is 6.24. The topological polar surface area (TPSA) is 134 Å². The highest BCUT2D eigenvalue weighted by Gasteiger charge is 2.15. The summed E-state index contributed by atoms with van der Waals surface area (Å²) in [5.41, 5.74) is 6.51. The predicted molar refractivity (Wildman–Crippen MR) is 210 cm³/mol. The molecule has 1 amide bonds. The summed E-state index contributed by atoms with van der Waals surface area (Å²) in [6, 6.07) is 36.4. The molecule has 0 saturated carbocycles. The van der Waals surface area contributed by atoms with Gasteiger partial charge in [0.15, 0.2) is 0 Å². The number of hydrogen-bond donors (Lipinski definition) is 2. The van der Waals surface area contributed by atoms with E-state index in [1.807, 2.05) is 97.6 Å².